The predicted octanol–water partition coefficient (Wildman–Crippen LogP) is 11.3. The summed E-state index contributed by atoms with van der Waals surface area (Å²) in [5.41, 5.74) is 8.44. The topological polar surface area (TPSA) is 121 Å². The average molecular weight is 721 g/mol. The summed E-state index contributed by atoms with van der Waals surface area (Å²) < 4.78 is 0. The Labute approximate surface area is 317 Å². The summed E-state index contributed by atoms with van der Waals surface area (Å²) in [6.45, 7) is 29.8. The molecular formula is C45H60N4O4. The van der Waals surface area contributed by atoms with E-state index >= 15 is 0 Å². The molecule has 0 atom stereocenters. The van der Waals surface area contributed by atoms with E-state index < -0.39 is 4.92 Å². The SMILES string of the molecule is CC(C)(C)c1cc(C=NCCc2ccccn2)c(O)c(C(C)(C)C)c1.Cc1cc([N+](=O)[O-])cc(C)c1N=Cc1cc(C(C)(C)C)cc(C(C)(C)C)c1O. The lowest BCUT2D eigenvalue weighted by atomic mass is 9.79. The third-order valence-corrected chi connectivity index (χ3v) is 9.10. The highest BCUT2D eigenvalue weighted by molar-refractivity contribution is 5.87. The molecule has 0 spiro atoms. The number of hydrogen-bond acceptors (Lipinski definition) is 7. The van der Waals surface area contributed by atoms with Gasteiger partial charge in [-0.1, -0.05) is 101 Å². The molecule has 8 nitrogen and oxygen atoms in total. The number of non-ortho nitro benzene ring substituents is 1. The maximum Gasteiger partial charge on any atom is 0.270 e. The van der Waals surface area contributed by atoms with Crippen LogP contribution < -0.4 is 0 Å². The third kappa shape index (κ3) is 11.6. The highest BCUT2D eigenvalue weighted by atomic mass is 16.6. The second kappa shape index (κ2) is 16.4. The minimum Gasteiger partial charge on any atom is -0.507 e. The van der Waals surface area contributed by atoms with Crippen LogP contribution in [0, 0.1) is 24.0 Å². The molecule has 53 heavy (non-hydrogen) atoms. The number of benzene rings is 3. The van der Waals surface area contributed by atoms with Crippen LogP contribution in [-0.2, 0) is 28.1 Å². The van der Waals surface area contributed by atoms with Crippen LogP contribution >= 0.6 is 0 Å². The molecule has 284 valence electrons. The summed E-state index contributed by atoms with van der Waals surface area (Å²) in [5.74, 6) is 0.559. The summed E-state index contributed by atoms with van der Waals surface area (Å²) >= 11 is 0. The Morgan fingerprint density at radius 2 is 1.17 bits per heavy atom. The molecule has 0 saturated carbocycles. The number of pyridine rings is 1. The standard InChI is InChI=1S/C23H30N2O3.C22H30N2O/c1-14-9-18(25(27)28)10-15(2)20(14)24-13-16-11-17(22(3,4)5)12-19(21(16)26)23(6,7)8;1-21(2,3)17-13-16(20(25)19(14-17)22(4,5)6)15-23-12-10-18-9-7-8-11-24-18/h9-13,26H,1-8H3;7-9,11,13-15,25H,10,12H2,1-6H3. The highest BCUT2D eigenvalue weighted by Gasteiger charge is 2.26. The normalized spacial score (nSPS) is 12.6. The van der Waals surface area contributed by atoms with Gasteiger partial charge in [0.15, 0.2) is 0 Å². The third-order valence-electron chi connectivity index (χ3n) is 9.10. The van der Waals surface area contributed by atoms with Gasteiger partial charge in [-0.3, -0.25) is 25.1 Å². The predicted molar refractivity (Wildman–Crippen MR) is 221 cm³/mol. The first kappa shape index (κ1) is 42.6. The van der Waals surface area contributed by atoms with Gasteiger partial charge >= 0.3 is 0 Å². The zero-order chi connectivity index (χ0) is 40.1. The molecule has 8 heteroatoms. The van der Waals surface area contributed by atoms with Crippen LogP contribution in [0.2, 0.25) is 0 Å². The van der Waals surface area contributed by atoms with E-state index in [0.717, 1.165) is 45.5 Å². The molecule has 0 bridgehead atoms. The van der Waals surface area contributed by atoms with Crippen molar-refractivity contribution in [2.75, 3.05) is 6.54 Å². The van der Waals surface area contributed by atoms with Gasteiger partial charge in [0.2, 0.25) is 0 Å². The van der Waals surface area contributed by atoms with Crippen molar-refractivity contribution in [2.24, 2.45) is 9.98 Å². The second-order valence-corrected chi connectivity index (χ2v) is 18.0. The van der Waals surface area contributed by atoms with Crippen molar-refractivity contribution in [3.63, 3.8) is 0 Å². The van der Waals surface area contributed by atoms with Gasteiger partial charge in [0, 0.05) is 71.7 Å². The molecule has 4 rings (SSSR count). The second-order valence-electron chi connectivity index (χ2n) is 18.0. The van der Waals surface area contributed by atoms with E-state index in [0.29, 0.717) is 23.5 Å². The number of nitro groups is 1. The molecule has 0 amide bonds. The van der Waals surface area contributed by atoms with E-state index in [9.17, 15) is 20.3 Å². The Bertz CT molecular complexity index is 1940. The maximum absolute atomic E-state index is 11.0. The zero-order valence-corrected chi connectivity index (χ0v) is 34.3. The molecule has 1 aromatic heterocycles. The fourth-order valence-corrected chi connectivity index (χ4v) is 5.78. The van der Waals surface area contributed by atoms with Gasteiger partial charge < -0.3 is 10.2 Å². The molecule has 0 aliphatic carbocycles. The van der Waals surface area contributed by atoms with Crippen LogP contribution in [0.4, 0.5) is 11.4 Å². The molecule has 0 radical (unpaired) electrons. The lowest BCUT2D eigenvalue weighted by Crippen LogP contribution is -2.17. The van der Waals surface area contributed by atoms with Crippen molar-refractivity contribution in [2.45, 2.75) is 125 Å². The van der Waals surface area contributed by atoms with Gasteiger partial charge in [-0.2, -0.15) is 0 Å². The maximum atomic E-state index is 11.0. The van der Waals surface area contributed by atoms with Crippen molar-refractivity contribution in [3.05, 3.63) is 121 Å². The minimum absolute atomic E-state index is 0.0181. The van der Waals surface area contributed by atoms with Gasteiger partial charge in [0.1, 0.15) is 11.5 Å². The molecule has 0 aliphatic heterocycles. The summed E-state index contributed by atoms with van der Waals surface area (Å²) in [4.78, 5) is 24.0. The molecule has 0 unspecified atom stereocenters. The Morgan fingerprint density at radius 3 is 1.57 bits per heavy atom. The molecular weight excluding hydrogens is 661 g/mol. The van der Waals surface area contributed by atoms with Gasteiger partial charge in [-0.05, 0) is 82.0 Å². The summed E-state index contributed by atoms with van der Waals surface area (Å²) in [6.07, 6.45) is 6.04. The number of rotatable bonds is 7. The van der Waals surface area contributed by atoms with Gasteiger partial charge in [0.25, 0.3) is 5.69 Å². The molecule has 4 aromatic rings. The monoisotopic (exact) mass is 720 g/mol. The van der Waals surface area contributed by atoms with E-state index in [2.05, 4.69) is 116 Å². The van der Waals surface area contributed by atoms with Crippen LogP contribution in [0.5, 0.6) is 11.5 Å². The van der Waals surface area contributed by atoms with Gasteiger partial charge in [0.05, 0.1) is 10.6 Å². The fraction of sp³-hybridized carbons (Fsp3) is 0.444. The number of nitro benzene ring substituents is 1. The first-order valence-corrected chi connectivity index (χ1v) is 18.3. The van der Waals surface area contributed by atoms with Crippen molar-refractivity contribution < 1.29 is 15.1 Å². The molecule has 0 aliphatic rings. The Morgan fingerprint density at radius 1 is 0.698 bits per heavy atom. The number of phenols is 2. The molecule has 2 N–H and O–H groups in total. The zero-order valence-electron chi connectivity index (χ0n) is 34.3. The minimum atomic E-state index is -0.401. The van der Waals surface area contributed by atoms with E-state index in [1.165, 1.54) is 17.7 Å². The molecule has 0 saturated heterocycles. The number of phenolic OH excluding ortho intramolecular Hbond substituents is 2. The van der Waals surface area contributed by atoms with Crippen molar-refractivity contribution in [3.8, 4) is 11.5 Å². The number of nitrogens with zero attached hydrogens (tertiary/aromatic N) is 4. The largest absolute Gasteiger partial charge is 0.507 e. The molecule has 0 fully saturated rings. The van der Waals surface area contributed by atoms with E-state index in [1.807, 2.05) is 24.3 Å². The lowest BCUT2D eigenvalue weighted by Gasteiger charge is -2.27. The number of aromatic nitrogens is 1. The first-order chi connectivity index (χ1) is 24.3. The highest BCUT2D eigenvalue weighted by Crippen LogP contribution is 2.39. The van der Waals surface area contributed by atoms with Gasteiger partial charge in [-0.25, -0.2) is 0 Å². The number of aromatic hydroxyl groups is 2. The number of aryl methyl sites for hydroxylation is 2. The Hall–Kier alpha value is -4.85. The average Bonchev–Trinajstić information content (AvgIpc) is 3.02. The first-order valence-electron chi connectivity index (χ1n) is 18.3. The number of hydrogen-bond donors (Lipinski definition) is 2. The van der Waals surface area contributed by atoms with Crippen LogP contribution in [0.1, 0.15) is 133 Å². The molecule has 1 heterocycles. The van der Waals surface area contributed by atoms with Crippen LogP contribution in [-0.4, -0.2) is 39.1 Å². The summed E-state index contributed by atoms with van der Waals surface area (Å²) in [6, 6.07) is 17.1. The quantitative estimate of drug-likeness (QED) is 0.112. The van der Waals surface area contributed by atoms with Crippen LogP contribution in [0.15, 0.2) is 70.8 Å². The molecule has 3 aromatic carbocycles. The summed E-state index contributed by atoms with van der Waals surface area (Å²) in [7, 11) is 0. The number of aliphatic imine (C=N–C) groups is 2. The lowest BCUT2D eigenvalue weighted by molar-refractivity contribution is -0.384. The Kier molecular flexibility index (Phi) is 13.2. The van der Waals surface area contributed by atoms with Crippen LogP contribution in [0.25, 0.3) is 0 Å². The fourth-order valence-electron chi connectivity index (χ4n) is 5.78. The van der Waals surface area contributed by atoms with Gasteiger partial charge in [-0.15, -0.1) is 0 Å². The smallest absolute Gasteiger partial charge is 0.270 e. The van der Waals surface area contributed by atoms with E-state index in [-0.39, 0.29) is 33.1 Å². The van der Waals surface area contributed by atoms with E-state index in [1.54, 1.807) is 32.5 Å². The van der Waals surface area contributed by atoms with Crippen molar-refractivity contribution in [1.29, 1.82) is 0 Å². The van der Waals surface area contributed by atoms with Crippen molar-refractivity contribution >= 4 is 23.8 Å². The van der Waals surface area contributed by atoms with Crippen LogP contribution in [0.3, 0.4) is 0 Å². The van der Waals surface area contributed by atoms with E-state index in [4.69, 9.17) is 0 Å². The summed E-state index contributed by atoms with van der Waals surface area (Å²) in [5, 5.41) is 32.6. The Balaban J connectivity index is 0.000000287. The van der Waals surface area contributed by atoms with Crippen molar-refractivity contribution in [1.82, 2.24) is 4.98 Å².